The highest BCUT2D eigenvalue weighted by Gasteiger charge is 2.64. The average Bonchev–Trinajstić information content (AvgIpc) is 2.76. The second kappa shape index (κ2) is 81.2. The number of rotatable bonds is 0. The van der Waals surface area contributed by atoms with E-state index in [-0.39, 0.29) is 197 Å². The molecule has 85 heavy (non-hydrogen) atoms. The standard InChI is InChI=1S/C5H6F6.C5H9F3.C5H12.C4H6ClF3.C4H9Cl.C4H6F4.C4H7F3.C4H9F.C4H10.24CH4/c1-3(2,4(6,7)8)5(9,10)11;1-4(2,3)5(6,7)8;1-5(2,3)4;1-3(2,5)4(6,7)8;1-4(2,3)5;1-3(2,5)4(6,7)8;1-3(2)4(5,6)7;1-4(2,3)5;1-4(2)3;;;;;;;;;;;;;;;;;;;;;;;;/h1-2H3;1-3H3;1-4H3;1-2H3;1-3H3;1-2H3;3H,1-2H3;1-3H3;4H,1-3H3;24*1H4. The molecule has 0 radical (unpaired) electrons. The molecule has 0 nitrogen and oxygen atoms in total. The van der Waals surface area contributed by atoms with Gasteiger partial charge < -0.3 is 0 Å². The van der Waals surface area contributed by atoms with Crippen LogP contribution in [0.15, 0.2) is 0 Å². The van der Waals surface area contributed by atoms with E-state index in [4.69, 9.17) is 23.2 Å². The molecular weight excluding hydrogens is 1210 g/mol. The van der Waals surface area contributed by atoms with Gasteiger partial charge in [-0.1, -0.05) is 261 Å². The summed E-state index contributed by atoms with van der Waals surface area (Å²) in [6.07, 6.45) is -27.6. The molecule has 0 aliphatic heterocycles. The Labute approximate surface area is 539 Å². The molecule has 0 aromatic rings. The fourth-order valence-electron chi connectivity index (χ4n) is 0.161. The maximum Gasteiger partial charge on any atom is 0.421 e. The fourth-order valence-corrected chi connectivity index (χ4v) is 0.161. The summed E-state index contributed by atoms with van der Waals surface area (Å²) in [6.45, 7) is 34.3. The highest BCUT2D eigenvalue weighted by atomic mass is 35.5. The fraction of sp³-hybridized carbons (Fsp3) is 1.00. The first kappa shape index (κ1) is 222. The molecule has 0 aliphatic carbocycles. The van der Waals surface area contributed by atoms with Crippen LogP contribution in [0.1, 0.15) is 344 Å². The molecular formula is C63H170Cl2F20. The summed E-state index contributed by atoms with van der Waals surface area (Å²) in [6, 6.07) is 0. The van der Waals surface area contributed by atoms with E-state index in [1.54, 1.807) is 0 Å². The number of hydrogen-bond acceptors (Lipinski definition) is 0. The first-order chi connectivity index (χ1) is 24.9. The lowest BCUT2D eigenvalue weighted by atomic mass is 9.92. The van der Waals surface area contributed by atoms with Crippen molar-refractivity contribution >= 4 is 23.2 Å². The number of halogens is 22. The van der Waals surface area contributed by atoms with Crippen molar-refractivity contribution in [2.75, 3.05) is 0 Å². The molecule has 0 amide bonds. The molecule has 0 aromatic carbocycles. The smallest absolute Gasteiger partial charge is 0.245 e. The predicted molar refractivity (Wildman–Crippen MR) is 373 cm³/mol. The van der Waals surface area contributed by atoms with E-state index in [0.29, 0.717) is 19.3 Å². The lowest BCUT2D eigenvalue weighted by Crippen LogP contribution is -2.44. The molecule has 0 aromatic heterocycles. The summed E-state index contributed by atoms with van der Waals surface area (Å²) in [4.78, 5) is -2.12. The van der Waals surface area contributed by atoms with Crippen LogP contribution in [0, 0.1) is 28.1 Å². The molecule has 0 saturated heterocycles. The van der Waals surface area contributed by atoms with Gasteiger partial charge >= 0.3 is 37.1 Å². The van der Waals surface area contributed by atoms with Crippen LogP contribution in [0.25, 0.3) is 0 Å². The topological polar surface area (TPSA) is 0 Å². The third-order valence-corrected chi connectivity index (χ3v) is 4.48. The quantitative estimate of drug-likeness (QED) is 0.168. The van der Waals surface area contributed by atoms with Gasteiger partial charge in [0.2, 0.25) is 0 Å². The molecule has 0 spiro atoms. The SMILES string of the molecule is C.C.C.C.C.C.C.C.C.C.C.C.C.C.C.C.C.C.C.C.C.C.C.C.CC(C)(C(F)(F)F)C(F)(F)F.CC(C)(C)C.CC(C)(C)C(F)(F)F.CC(C)(C)Cl.CC(C)(C)F.CC(C)(Cl)C(F)(F)F.CC(C)(F)C(F)(F)F.CC(C)C.CC(C)C(F)(F)F. The largest absolute Gasteiger partial charge is 0.421 e. The third kappa shape index (κ3) is 218. The van der Waals surface area contributed by atoms with Crippen molar-refractivity contribution in [2.24, 2.45) is 28.1 Å². The molecule has 0 heterocycles. The molecule has 0 unspecified atom stereocenters. The van der Waals surface area contributed by atoms with Gasteiger partial charge in [0.1, 0.15) is 10.5 Å². The first-order valence-corrected chi connectivity index (χ1v) is 18.8. The summed E-state index contributed by atoms with van der Waals surface area (Å²) < 4.78 is 229. The maximum atomic E-state index is 11.8. The molecule has 0 fully saturated rings. The van der Waals surface area contributed by atoms with Crippen molar-refractivity contribution in [3.05, 3.63) is 0 Å². The average molecular weight is 1380 g/mol. The van der Waals surface area contributed by atoms with E-state index in [9.17, 15) is 87.8 Å². The van der Waals surface area contributed by atoms with Gasteiger partial charge in [0.25, 0.3) is 0 Å². The Morgan fingerprint density at radius 1 is 0.247 bits per heavy atom. The normalized spacial score (nSPS) is 9.60. The van der Waals surface area contributed by atoms with Gasteiger partial charge in [-0.2, -0.15) is 79.0 Å². The van der Waals surface area contributed by atoms with E-state index >= 15 is 0 Å². The summed E-state index contributed by atoms with van der Waals surface area (Å²) in [5.74, 6) is -0.368. The summed E-state index contributed by atoms with van der Waals surface area (Å²) in [7, 11) is 0. The first-order valence-electron chi connectivity index (χ1n) is 18.1. The molecule has 0 bridgehead atoms. The lowest BCUT2D eigenvalue weighted by Gasteiger charge is -2.29. The van der Waals surface area contributed by atoms with Crippen LogP contribution in [-0.4, -0.2) is 58.1 Å². The van der Waals surface area contributed by atoms with Crippen molar-refractivity contribution < 1.29 is 87.8 Å². The van der Waals surface area contributed by atoms with E-state index < -0.39 is 70.0 Å². The lowest BCUT2D eigenvalue weighted by molar-refractivity contribution is -0.327. The van der Waals surface area contributed by atoms with Crippen LogP contribution in [0.4, 0.5) is 87.8 Å². The van der Waals surface area contributed by atoms with E-state index in [1.165, 1.54) is 20.8 Å². The van der Waals surface area contributed by atoms with Gasteiger partial charge in [-0.15, -0.1) is 23.2 Å². The Morgan fingerprint density at radius 2 is 0.318 bits per heavy atom. The summed E-state index contributed by atoms with van der Waals surface area (Å²) in [5, 5.41) is 0. The predicted octanol–water partition coefficient (Wildman–Crippen LogP) is 35.6. The van der Waals surface area contributed by atoms with Gasteiger partial charge in [-0.25, -0.2) is 8.78 Å². The Kier molecular flexibility index (Phi) is 212. The zero-order valence-corrected chi connectivity index (χ0v) is 41.5. The highest BCUT2D eigenvalue weighted by molar-refractivity contribution is 6.24. The molecule has 0 rings (SSSR count). The summed E-state index contributed by atoms with van der Waals surface area (Å²) in [5.41, 5.74) is -8.75. The van der Waals surface area contributed by atoms with Crippen molar-refractivity contribution in [1.82, 2.24) is 0 Å². The Balaban J connectivity index is -0.0000000113. The Morgan fingerprint density at radius 3 is 0.318 bits per heavy atom. The van der Waals surface area contributed by atoms with Crippen LogP contribution >= 0.6 is 23.2 Å². The third-order valence-electron chi connectivity index (χ3n) is 4.27. The van der Waals surface area contributed by atoms with Gasteiger partial charge in [0, 0.05) is 10.8 Å². The van der Waals surface area contributed by atoms with Crippen molar-refractivity contribution in [3.63, 3.8) is 0 Å². The van der Waals surface area contributed by atoms with Gasteiger partial charge in [-0.05, 0) is 94.4 Å². The summed E-state index contributed by atoms with van der Waals surface area (Å²) >= 11 is 10.4. The number of hydrogen-bond donors (Lipinski definition) is 0. The molecule has 0 aliphatic rings. The van der Waals surface area contributed by atoms with E-state index in [0.717, 1.165) is 54.4 Å². The van der Waals surface area contributed by atoms with Gasteiger partial charge in [0.05, 0.1) is 5.41 Å². The molecule has 576 valence electrons. The second-order valence-corrected chi connectivity index (χ2v) is 21.9. The van der Waals surface area contributed by atoms with E-state index in [2.05, 4.69) is 48.5 Å². The minimum absolute atomic E-state index is 0. The van der Waals surface area contributed by atoms with Crippen molar-refractivity contribution in [1.29, 1.82) is 0 Å². The second-order valence-electron chi connectivity index (χ2n) is 19.9. The molecule has 0 atom stereocenters. The Bertz CT molecular complexity index is 873. The molecule has 22 heteroatoms. The van der Waals surface area contributed by atoms with Crippen LogP contribution in [0.2, 0.25) is 0 Å². The van der Waals surface area contributed by atoms with Crippen molar-refractivity contribution in [3.8, 4) is 0 Å². The van der Waals surface area contributed by atoms with E-state index in [1.807, 2.05) is 20.8 Å². The van der Waals surface area contributed by atoms with Gasteiger partial charge in [0.15, 0.2) is 11.1 Å². The number of alkyl halides is 22. The monoisotopic (exact) mass is 1380 g/mol. The minimum atomic E-state index is -5.24. The zero-order valence-electron chi connectivity index (χ0n) is 40.0. The Hall–Kier alpha value is -0.820. The minimum Gasteiger partial charge on any atom is -0.245 e. The highest BCUT2D eigenvalue weighted by Crippen LogP contribution is 2.49. The maximum absolute atomic E-state index is 11.8. The van der Waals surface area contributed by atoms with Crippen LogP contribution in [0.3, 0.4) is 0 Å². The zero-order chi connectivity index (χ0) is 53.7. The van der Waals surface area contributed by atoms with Crippen LogP contribution < -0.4 is 0 Å². The van der Waals surface area contributed by atoms with Crippen LogP contribution in [0.5, 0.6) is 0 Å². The molecule has 0 saturated carbocycles. The molecule has 0 N–H and O–H groups in total. The van der Waals surface area contributed by atoms with Gasteiger partial charge in [-0.3, -0.25) is 0 Å². The van der Waals surface area contributed by atoms with Crippen LogP contribution in [-0.2, 0) is 0 Å². The van der Waals surface area contributed by atoms with Crippen molar-refractivity contribution in [2.45, 2.75) is 403 Å².